The lowest BCUT2D eigenvalue weighted by Crippen LogP contribution is -2.42. The molecule has 32 heavy (non-hydrogen) atoms. The van der Waals surface area contributed by atoms with Crippen molar-refractivity contribution in [3.63, 3.8) is 0 Å². The molecular formula is C26H36N4O2. The molecule has 2 unspecified atom stereocenters. The summed E-state index contributed by atoms with van der Waals surface area (Å²) in [5.41, 5.74) is 2.44. The second-order valence-electron chi connectivity index (χ2n) is 8.64. The number of carbonyl (C=O) groups is 2. The van der Waals surface area contributed by atoms with Crippen LogP contribution >= 0.6 is 0 Å². The molecule has 2 aromatic rings. The number of rotatable bonds is 10. The Hall–Kier alpha value is -3.02. The maximum Gasteiger partial charge on any atom is 0.314 e. The van der Waals surface area contributed by atoms with E-state index in [4.69, 9.17) is 0 Å². The first-order chi connectivity index (χ1) is 15.7. The largest absolute Gasteiger partial charge is 0.338 e. The predicted molar refractivity (Wildman–Crippen MR) is 129 cm³/mol. The van der Waals surface area contributed by atoms with Crippen LogP contribution in [-0.4, -0.2) is 38.2 Å². The number of amides is 4. The molecule has 6 heteroatoms. The molecule has 0 aromatic heterocycles. The molecule has 1 saturated carbocycles. The normalized spacial score (nSPS) is 17.9. The molecule has 0 aliphatic heterocycles. The fourth-order valence-electron chi connectivity index (χ4n) is 4.30. The first-order valence-electron chi connectivity index (χ1n) is 11.8. The lowest BCUT2D eigenvalue weighted by Gasteiger charge is -2.29. The Morgan fingerprint density at radius 1 is 0.656 bits per heavy atom. The molecule has 0 saturated heterocycles. The van der Waals surface area contributed by atoms with E-state index in [-0.39, 0.29) is 12.1 Å². The van der Waals surface area contributed by atoms with Crippen molar-refractivity contribution in [1.82, 2.24) is 21.3 Å². The monoisotopic (exact) mass is 436 g/mol. The third kappa shape index (κ3) is 9.00. The van der Waals surface area contributed by atoms with E-state index in [1.807, 2.05) is 36.4 Å². The molecule has 4 amide bonds. The van der Waals surface area contributed by atoms with Gasteiger partial charge in [-0.25, -0.2) is 9.59 Å². The van der Waals surface area contributed by atoms with Crippen LogP contribution in [0.3, 0.4) is 0 Å². The summed E-state index contributed by atoms with van der Waals surface area (Å²) in [5, 5.41) is 11.9. The van der Waals surface area contributed by atoms with Crippen molar-refractivity contribution in [2.75, 3.05) is 26.2 Å². The summed E-state index contributed by atoms with van der Waals surface area (Å²) in [6.07, 6.45) is 6.10. The van der Waals surface area contributed by atoms with Crippen molar-refractivity contribution in [2.45, 2.75) is 38.5 Å². The second kappa shape index (κ2) is 13.4. The van der Waals surface area contributed by atoms with Gasteiger partial charge >= 0.3 is 12.1 Å². The van der Waals surface area contributed by atoms with E-state index in [9.17, 15) is 9.59 Å². The Morgan fingerprint density at radius 2 is 1.09 bits per heavy atom. The summed E-state index contributed by atoms with van der Waals surface area (Å²) in [7, 11) is 0. The molecule has 2 aromatic carbocycles. The molecule has 1 aliphatic carbocycles. The van der Waals surface area contributed by atoms with Crippen molar-refractivity contribution in [3.05, 3.63) is 71.8 Å². The van der Waals surface area contributed by atoms with Crippen molar-refractivity contribution in [2.24, 2.45) is 11.8 Å². The second-order valence-corrected chi connectivity index (χ2v) is 8.64. The topological polar surface area (TPSA) is 82.3 Å². The zero-order chi connectivity index (χ0) is 22.4. The van der Waals surface area contributed by atoms with Gasteiger partial charge in [-0.2, -0.15) is 0 Å². The molecular weight excluding hydrogens is 400 g/mol. The summed E-state index contributed by atoms with van der Waals surface area (Å²) in [6.45, 7) is 2.65. The molecule has 3 rings (SSSR count). The van der Waals surface area contributed by atoms with E-state index in [0.29, 0.717) is 38.0 Å². The molecule has 0 bridgehead atoms. The average Bonchev–Trinajstić information content (AvgIpc) is 2.83. The Morgan fingerprint density at radius 3 is 1.53 bits per heavy atom. The lowest BCUT2D eigenvalue weighted by atomic mass is 9.81. The van der Waals surface area contributed by atoms with Crippen LogP contribution in [0.2, 0.25) is 0 Å². The first kappa shape index (κ1) is 23.6. The van der Waals surface area contributed by atoms with Gasteiger partial charge in [0.25, 0.3) is 0 Å². The maximum atomic E-state index is 12.1. The first-order valence-corrected chi connectivity index (χ1v) is 11.8. The molecule has 0 heterocycles. The molecule has 1 aliphatic rings. The highest BCUT2D eigenvalue weighted by Crippen LogP contribution is 2.28. The van der Waals surface area contributed by atoms with Crippen LogP contribution in [0.5, 0.6) is 0 Å². The number of nitrogens with one attached hydrogen (secondary N) is 4. The summed E-state index contributed by atoms with van der Waals surface area (Å²) in [4.78, 5) is 24.2. The molecule has 6 nitrogen and oxygen atoms in total. The van der Waals surface area contributed by atoms with Crippen molar-refractivity contribution in [1.29, 1.82) is 0 Å². The van der Waals surface area contributed by atoms with E-state index in [1.54, 1.807) is 0 Å². The van der Waals surface area contributed by atoms with Gasteiger partial charge in [0.05, 0.1) is 0 Å². The number of benzene rings is 2. The summed E-state index contributed by atoms with van der Waals surface area (Å²) in [5.74, 6) is 0.938. The lowest BCUT2D eigenvalue weighted by molar-refractivity contribution is 0.222. The van der Waals surface area contributed by atoms with E-state index in [1.165, 1.54) is 11.1 Å². The van der Waals surface area contributed by atoms with Gasteiger partial charge < -0.3 is 21.3 Å². The highest BCUT2D eigenvalue weighted by Gasteiger charge is 2.22. The molecule has 172 valence electrons. The van der Waals surface area contributed by atoms with Crippen LogP contribution in [0, 0.1) is 11.8 Å². The van der Waals surface area contributed by atoms with Crippen molar-refractivity contribution in [3.8, 4) is 0 Å². The van der Waals surface area contributed by atoms with Gasteiger partial charge in [0, 0.05) is 26.2 Å². The van der Waals surface area contributed by atoms with Crippen molar-refractivity contribution >= 4 is 12.1 Å². The van der Waals surface area contributed by atoms with Crippen LogP contribution in [0.4, 0.5) is 9.59 Å². The van der Waals surface area contributed by atoms with Crippen molar-refractivity contribution < 1.29 is 9.59 Å². The zero-order valence-corrected chi connectivity index (χ0v) is 18.8. The number of hydrogen-bond donors (Lipinski definition) is 4. The zero-order valence-electron chi connectivity index (χ0n) is 18.8. The smallest absolute Gasteiger partial charge is 0.314 e. The van der Waals surface area contributed by atoms with Crippen LogP contribution in [0.25, 0.3) is 0 Å². The van der Waals surface area contributed by atoms with Gasteiger partial charge in [-0.05, 0) is 55.1 Å². The summed E-state index contributed by atoms with van der Waals surface area (Å²) >= 11 is 0. The van der Waals surface area contributed by atoms with Gasteiger partial charge in [0.15, 0.2) is 0 Å². The van der Waals surface area contributed by atoms with Crippen LogP contribution in [0.15, 0.2) is 60.7 Å². The van der Waals surface area contributed by atoms with Gasteiger partial charge in [-0.3, -0.25) is 0 Å². The van der Waals surface area contributed by atoms with Crippen LogP contribution in [-0.2, 0) is 12.8 Å². The van der Waals surface area contributed by atoms with E-state index < -0.39 is 0 Å². The van der Waals surface area contributed by atoms with Gasteiger partial charge in [0.2, 0.25) is 0 Å². The fraction of sp³-hybridized carbons (Fsp3) is 0.462. The number of urea groups is 2. The Labute approximate surface area is 191 Å². The summed E-state index contributed by atoms with van der Waals surface area (Å²) < 4.78 is 0. The summed E-state index contributed by atoms with van der Waals surface area (Å²) in [6, 6.07) is 20.1. The maximum absolute atomic E-state index is 12.1. The predicted octanol–water partition coefficient (Wildman–Crippen LogP) is 3.88. The third-order valence-corrected chi connectivity index (χ3v) is 6.08. The molecule has 1 fully saturated rings. The number of hydrogen-bond acceptors (Lipinski definition) is 2. The van der Waals surface area contributed by atoms with Gasteiger partial charge in [-0.1, -0.05) is 67.1 Å². The standard InChI is InChI=1S/C26H36N4O2/c31-25(27-16-14-21-8-3-1-4-9-21)29-19-23-12-7-13-24(18-23)20-30-26(32)28-17-15-22-10-5-2-6-11-22/h1-6,8-11,23-24H,7,12-20H2,(H2,27,29,31)(H2,28,30,32). The molecule has 2 atom stereocenters. The van der Waals surface area contributed by atoms with E-state index in [0.717, 1.165) is 38.5 Å². The van der Waals surface area contributed by atoms with Crippen LogP contribution < -0.4 is 21.3 Å². The van der Waals surface area contributed by atoms with Crippen LogP contribution in [0.1, 0.15) is 36.8 Å². The van der Waals surface area contributed by atoms with E-state index in [2.05, 4.69) is 45.5 Å². The average molecular weight is 437 g/mol. The highest BCUT2D eigenvalue weighted by atomic mass is 16.2. The highest BCUT2D eigenvalue weighted by molar-refractivity contribution is 5.74. The Kier molecular flexibility index (Phi) is 9.90. The minimum absolute atomic E-state index is 0.0982. The van der Waals surface area contributed by atoms with E-state index >= 15 is 0 Å². The van der Waals surface area contributed by atoms with Gasteiger partial charge in [-0.15, -0.1) is 0 Å². The fourth-order valence-corrected chi connectivity index (χ4v) is 4.30. The quantitative estimate of drug-likeness (QED) is 0.456. The SMILES string of the molecule is O=C(NCCc1ccccc1)NCC1CCCC(CNC(=O)NCCc2ccccc2)C1. The van der Waals surface area contributed by atoms with Gasteiger partial charge in [0.1, 0.15) is 0 Å². The Balaban J connectivity index is 1.25. The number of carbonyl (C=O) groups excluding carboxylic acids is 2. The molecule has 4 N–H and O–H groups in total. The molecule has 0 radical (unpaired) electrons. The Bertz CT molecular complexity index is 746. The third-order valence-electron chi connectivity index (χ3n) is 6.08. The minimum Gasteiger partial charge on any atom is -0.338 e. The minimum atomic E-state index is -0.0982. The molecule has 0 spiro atoms.